The van der Waals surface area contributed by atoms with Crippen LogP contribution in [0, 0.1) is 0 Å². The number of hydrogen-bond donors (Lipinski definition) is 2. The first-order valence-corrected chi connectivity index (χ1v) is 6.93. The van der Waals surface area contributed by atoms with Gasteiger partial charge in [-0.25, -0.2) is 0 Å². The molecule has 0 saturated carbocycles. The second kappa shape index (κ2) is 8.87. The predicted octanol–water partition coefficient (Wildman–Crippen LogP) is 1.67. The Morgan fingerprint density at radius 1 is 1.48 bits per heavy atom. The minimum absolute atomic E-state index is 0. The van der Waals surface area contributed by atoms with E-state index in [0.29, 0.717) is 13.0 Å². The monoisotopic (exact) mass is 314 g/mol. The highest BCUT2D eigenvalue weighted by molar-refractivity contribution is 5.85. The summed E-state index contributed by atoms with van der Waals surface area (Å²) in [4.78, 5) is 12.0. The van der Waals surface area contributed by atoms with Crippen LogP contribution in [0.15, 0.2) is 24.3 Å². The van der Waals surface area contributed by atoms with Crippen molar-refractivity contribution in [3.63, 3.8) is 0 Å². The highest BCUT2D eigenvalue weighted by Crippen LogP contribution is 2.17. The molecule has 2 N–H and O–H groups in total. The lowest BCUT2D eigenvalue weighted by Crippen LogP contribution is -2.44. The maximum absolute atomic E-state index is 12.0. The van der Waals surface area contributed by atoms with Crippen molar-refractivity contribution in [3.05, 3.63) is 29.8 Å². The molecule has 1 aliphatic rings. The molecule has 0 bridgehead atoms. The Labute approximate surface area is 131 Å². The van der Waals surface area contributed by atoms with Crippen molar-refractivity contribution < 1.29 is 14.3 Å². The number of hydrogen-bond acceptors (Lipinski definition) is 4. The van der Waals surface area contributed by atoms with E-state index in [9.17, 15) is 4.79 Å². The second-order valence-electron chi connectivity index (χ2n) is 4.99. The Morgan fingerprint density at radius 3 is 2.76 bits per heavy atom. The van der Waals surface area contributed by atoms with Gasteiger partial charge in [0, 0.05) is 19.0 Å². The normalized spacial score (nSPS) is 19.2. The van der Waals surface area contributed by atoms with Crippen LogP contribution in [0.3, 0.4) is 0 Å². The Bertz CT molecular complexity index is 433. The molecule has 1 amide bonds. The van der Waals surface area contributed by atoms with Gasteiger partial charge in [0.05, 0.1) is 26.4 Å². The molecule has 5 nitrogen and oxygen atoms in total. The molecule has 2 atom stereocenters. The number of benzene rings is 1. The van der Waals surface area contributed by atoms with Crippen LogP contribution >= 0.6 is 12.4 Å². The van der Waals surface area contributed by atoms with Gasteiger partial charge < -0.3 is 20.1 Å². The lowest BCUT2D eigenvalue weighted by atomic mass is 10.1. The summed E-state index contributed by atoms with van der Waals surface area (Å²) < 4.78 is 10.5. The Morgan fingerprint density at radius 2 is 2.19 bits per heavy atom. The number of rotatable bonds is 5. The third-order valence-electron chi connectivity index (χ3n) is 3.42. The average Bonchev–Trinajstić information content (AvgIpc) is 2.48. The average molecular weight is 315 g/mol. The molecule has 1 saturated heterocycles. The molecule has 2 unspecified atom stereocenters. The summed E-state index contributed by atoms with van der Waals surface area (Å²) in [7, 11) is 1.64. The Kier molecular flexibility index (Phi) is 7.50. The molecule has 0 spiro atoms. The summed E-state index contributed by atoms with van der Waals surface area (Å²) in [5.41, 5.74) is 1.06. The molecule has 2 rings (SSSR count). The zero-order valence-corrected chi connectivity index (χ0v) is 13.2. The largest absolute Gasteiger partial charge is 0.497 e. The predicted molar refractivity (Wildman–Crippen MR) is 84.0 cm³/mol. The van der Waals surface area contributed by atoms with Gasteiger partial charge in [0.1, 0.15) is 5.75 Å². The van der Waals surface area contributed by atoms with Gasteiger partial charge in [-0.2, -0.15) is 0 Å². The van der Waals surface area contributed by atoms with Crippen molar-refractivity contribution in [3.8, 4) is 5.75 Å². The third kappa shape index (κ3) is 5.53. The number of carbonyl (C=O) groups is 1. The van der Waals surface area contributed by atoms with Crippen LogP contribution in [0.5, 0.6) is 5.75 Å². The summed E-state index contributed by atoms with van der Waals surface area (Å²) in [5, 5.41) is 6.28. The molecule has 1 fully saturated rings. The van der Waals surface area contributed by atoms with Gasteiger partial charge >= 0.3 is 0 Å². The number of nitrogens with one attached hydrogen (secondary N) is 2. The fourth-order valence-corrected chi connectivity index (χ4v) is 2.25. The van der Waals surface area contributed by atoms with Gasteiger partial charge in [-0.1, -0.05) is 12.1 Å². The number of ether oxygens (including phenoxy) is 2. The quantitative estimate of drug-likeness (QED) is 0.868. The summed E-state index contributed by atoms with van der Waals surface area (Å²) in [6.07, 6.45) is 0.445. The minimum Gasteiger partial charge on any atom is -0.497 e. The molecule has 0 radical (unpaired) electrons. The molecule has 0 aliphatic carbocycles. The summed E-state index contributed by atoms with van der Waals surface area (Å²) in [5.74, 6) is 0.854. The maximum Gasteiger partial charge on any atom is 0.222 e. The molecule has 1 aliphatic heterocycles. The lowest BCUT2D eigenvalue weighted by Gasteiger charge is -2.24. The van der Waals surface area contributed by atoms with Crippen molar-refractivity contribution in [1.82, 2.24) is 10.6 Å². The fourth-order valence-electron chi connectivity index (χ4n) is 2.25. The summed E-state index contributed by atoms with van der Waals surface area (Å²) in [6, 6.07) is 7.82. The van der Waals surface area contributed by atoms with Crippen LogP contribution in [0.1, 0.15) is 24.9 Å². The molecular weight excluding hydrogens is 292 g/mol. The van der Waals surface area contributed by atoms with E-state index in [-0.39, 0.29) is 30.4 Å². The first-order chi connectivity index (χ1) is 9.69. The van der Waals surface area contributed by atoms with Gasteiger partial charge in [-0.15, -0.1) is 12.4 Å². The van der Waals surface area contributed by atoms with E-state index >= 15 is 0 Å². The standard InChI is InChI=1S/C15H22N2O3.ClH/c1-11(12-3-5-14(19-2)6-4-12)17-15(18)9-13-10-20-8-7-16-13;/h3-6,11,13,16H,7-10H2,1-2H3,(H,17,18);1H. The molecular formula is C15H23ClN2O3. The highest BCUT2D eigenvalue weighted by atomic mass is 35.5. The van der Waals surface area contributed by atoms with Crippen molar-refractivity contribution in [2.45, 2.75) is 25.4 Å². The van der Waals surface area contributed by atoms with Crippen LogP contribution < -0.4 is 15.4 Å². The molecule has 1 heterocycles. The zero-order valence-electron chi connectivity index (χ0n) is 12.4. The molecule has 0 aromatic heterocycles. The van der Waals surface area contributed by atoms with Crippen molar-refractivity contribution >= 4 is 18.3 Å². The van der Waals surface area contributed by atoms with E-state index in [1.54, 1.807) is 7.11 Å². The van der Waals surface area contributed by atoms with Crippen LogP contribution in [-0.2, 0) is 9.53 Å². The van der Waals surface area contributed by atoms with Gasteiger partial charge in [-0.05, 0) is 24.6 Å². The second-order valence-corrected chi connectivity index (χ2v) is 4.99. The number of halogens is 1. The lowest BCUT2D eigenvalue weighted by molar-refractivity contribution is -0.122. The van der Waals surface area contributed by atoms with E-state index in [4.69, 9.17) is 9.47 Å². The van der Waals surface area contributed by atoms with Crippen LogP contribution in [-0.4, -0.2) is 38.8 Å². The minimum atomic E-state index is -0.0158. The van der Waals surface area contributed by atoms with E-state index in [1.807, 2.05) is 31.2 Å². The first-order valence-electron chi connectivity index (χ1n) is 6.93. The summed E-state index contributed by atoms with van der Waals surface area (Å²) >= 11 is 0. The van der Waals surface area contributed by atoms with Crippen molar-refractivity contribution in [2.24, 2.45) is 0 Å². The SMILES string of the molecule is COc1ccc(C(C)NC(=O)CC2COCCN2)cc1.Cl. The molecule has 118 valence electrons. The topological polar surface area (TPSA) is 59.6 Å². The summed E-state index contributed by atoms with van der Waals surface area (Å²) in [6.45, 7) is 4.11. The number of morpholine rings is 1. The maximum atomic E-state index is 12.0. The van der Waals surface area contributed by atoms with Crippen LogP contribution in [0.25, 0.3) is 0 Å². The highest BCUT2D eigenvalue weighted by Gasteiger charge is 2.18. The Hall–Kier alpha value is -1.30. The number of carbonyl (C=O) groups excluding carboxylic acids is 1. The van der Waals surface area contributed by atoms with E-state index in [0.717, 1.165) is 24.5 Å². The Balaban J connectivity index is 0.00000220. The van der Waals surface area contributed by atoms with Gasteiger partial charge in [0.15, 0.2) is 0 Å². The van der Waals surface area contributed by atoms with Gasteiger partial charge in [-0.3, -0.25) is 4.79 Å². The van der Waals surface area contributed by atoms with Gasteiger partial charge in [0.25, 0.3) is 0 Å². The zero-order chi connectivity index (χ0) is 14.4. The van der Waals surface area contributed by atoms with Crippen LogP contribution in [0.2, 0.25) is 0 Å². The molecule has 6 heteroatoms. The first kappa shape index (κ1) is 17.8. The van der Waals surface area contributed by atoms with Gasteiger partial charge in [0.2, 0.25) is 5.91 Å². The van der Waals surface area contributed by atoms with Crippen LogP contribution in [0.4, 0.5) is 0 Å². The van der Waals surface area contributed by atoms with E-state index in [2.05, 4.69) is 10.6 Å². The number of amides is 1. The molecule has 21 heavy (non-hydrogen) atoms. The molecule has 1 aromatic carbocycles. The van der Waals surface area contributed by atoms with Crippen molar-refractivity contribution in [1.29, 1.82) is 0 Å². The molecule has 1 aromatic rings. The van der Waals surface area contributed by atoms with E-state index < -0.39 is 0 Å². The van der Waals surface area contributed by atoms with Crippen molar-refractivity contribution in [2.75, 3.05) is 26.9 Å². The smallest absolute Gasteiger partial charge is 0.222 e. The third-order valence-corrected chi connectivity index (χ3v) is 3.42. The van der Waals surface area contributed by atoms with E-state index in [1.165, 1.54) is 0 Å². The number of methoxy groups -OCH3 is 1. The fraction of sp³-hybridized carbons (Fsp3) is 0.533.